The lowest BCUT2D eigenvalue weighted by molar-refractivity contribution is 0.0453. The van der Waals surface area contributed by atoms with E-state index >= 15 is 0 Å². The molecule has 0 saturated heterocycles. The van der Waals surface area contributed by atoms with Crippen LogP contribution in [-0.4, -0.2) is 5.11 Å². The van der Waals surface area contributed by atoms with Crippen LogP contribution in [0.25, 0.3) is 0 Å². The molecule has 0 fully saturated rings. The van der Waals surface area contributed by atoms with Gasteiger partial charge in [0.15, 0.2) is 0 Å². The molecule has 3 heteroatoms. The first kappa shape index (κ1) is 10.1. The van der Waals surface area contributed by atoms with Crippen molar-refractivity contribution in [1.82, 2.24) is 0 Å². The van der Waals surface area contributed by atoms with Gasteiger partial charge in [0.1, 0.15) is 11.6 Å². The summed E-state index contributed by atoms with van der Waals surface area (Å²) in [5.41, 5.74) is -1.69. The van der Waals surface area contributed by atoms with E-state index < -0.39 is 17.2 Å². The largest absolute Gasteiger partial charge is 0.385 e. The second-order valence-electron chi connectivity index (χ2n) is 3.22. The normalized spacial score (nSPS) is 15.5. The summed E-state index contributed by atoms with van der Waals surface area (Å²) < 4.78 is 26.3. The summed E-state index contributed by atoms with van der Waals surface area (Å²) in [6.45, 7) is 3.07. The average molecular weight is 186 g/mol. The van der Waals surface area contributed by atoms with Crippen LogP contribution in [0.15, 0.2) is 18.2 Å². The van der Waals surface area contributed by atoms with E-state index in [4.69, 9.17) is 0 Å². The van der Waals surface area contributed by atoms with E-state index in [1.807, 2.05) is 0 Å². The average Bonchev–Trinajstić information content (AvgIpc) is 2.03. The fourth-order valence-corrected chi connectivity index (χ4v) is 1.19. The van der Waals surface area contributed by atoms with Gasteiger partial charge in [0.2, 0.25) is 0 Å². The Morgan fingerprint density at radius 1 is 1.31 bits per heavy atom. The number of hydrogen-bond acceptors (Lipinski definition) is 1. The first-order valence-electron chi connectivity index (χ1n) is 4.16. The molecule has 0 aliphatic rings. The minimum Gasteiger partial charge on any atom is -0.385 e. The van der Waals surface area contributed by atoms with Crippen molar-refractivity contribution < 1.29 is 13.9 Å². The van der Waals surface area contributed by atoms with Gasteiger partial charge in [-0.1, -0.05) is 13.0 Å². The molecule has 1 nitrogen and oxygen atoms in total. The maximum absolute atomic E-state index is 13.1. The standard InChI is InChI=1S/C10H12F2O/c1-3-10(2,13)9-7(11)5-4-6-8(9)12/h4-6,13H,3H2,1-2H3. The first-order chi connectivity index (χ1) is 5.99. The van der Waals surface area contributed by atoms with Gasteiger partial charge < -0.3 is 5.11 Å². The van der Waals surface area contributed by atoms with E-state index in [0.29, 0.717) is 0 Å². The van der Waals surface area contributed by atoms with Crippen molar-refractivity contribution >= 4 is 0 Å². The number of rotatable bonds is 2. The van der Waals surface area contributed by atoms with Gasteiger partial charge in [-0.25, -0.2) is 8.78 Å². The third kappa shape index (κ3) is 1.86. The minimum absolute atomic E-state index is 0.252. The molecule has 1 unspecified atom stereocenters. The maximum atomic E-state index is 13.1. The molecule has 0 amide bonds. The molecule has 1 atom stereocenters. The first-order valence-corrected chi connectivity index (χ1v) is 4.16. The Kier molecular flexibility index (Phi) is 2.66. The third-order valence-electron chi connectivity index (χ3n) is 2.19. The Labute approximate surface area is 76.0 Å². The lowest BCUT2D eigenvalue weighted by Crippen LogP contribution is -2.23. The molecule has 1 aromatic carbocycles. The van der Waals surface area contributed by atoms with Crippen molar-refractivity contribution in [3.05, 3.63) is 35.4 Å². The summed E-state index contributed by atoms with van der Waals surface area (Å²) in [6, 6.07) is 3.56. The molecule has 0 spiro atoms. The molecule has 0 aliphatic heterocycles. The van der Waals surface area contributed by atoms with Gasteiger partial charge in [-0.2, -0.15) is 0 Å². The Morgan fingerprint density at radius 2 is 1.77 bits per heavy atom. The second-order valence-corrected chi connectivity index (χ2v) is 3.22. The van der Waals surface area contributed by atoms with E-state index in [-0.39, 0.29) is 12.0 Å². The molecule has 1 aromatic rings. The molecule has 0 aromatic heterocycles. The second kappa shape index (κ2) is 3.42. The zero-order valence-corrected chi connectivity index (χ0v) is 7.64. The minimum atomic E-state index is -1.44. The zero-order valence-electron chi connectivity index (χ0n) is 7.64. The van der Waals surface area contributed by atoms with Crippen LogP contribution < -0.4 is 0 Å². The molecule has 0 saturated carbocycles. The summed E-state index contributed by atoms with van der Waals surface area (Å²) in [5.74, 6) is -1.40. The molecule has 0 radical (unpaired) electrons. The number of hydrogen-bond donors (Lipinski definition) is 1. The van der Waals surface area contributed by atoms with Crippen LogP contribution in [0.2, 0.25) is 0 Å². The SMILES string of the molecule is CCC(C)(O)c1c(F)cccc1F. The fraction of sp³-hybridized carbons (Fsp3) is 0.400. The molecule has 0 bridgehead atoms. The van der Waals surface area contributed by atoms with Gasteiger partial charge in [-0.05, 0) is 25.5 Å². The quantitative estimate of drug-likeness (QED) is 0.752. The molecule has 72 valence electrons. The van der Waals surface area contributed by atoms with E-state index in [1.54, 1.807) is 6.92 Å². The van der Waals surface area contributed by atoms with Crippen molar-refractivity contribution in [3.63, 3.8) is 0 Å². The van der Waals surface area contributed by atoms with Crippen LogP contribution in [0.4, 0.5) is 8.78 Å². The van der Waals surface area contributed by atoms with Gasteiger partial charge in [0.05, 0.1) is 11.2 Å². The third-order valence-corrected chi connectivity index (χ3v) is 2.19. The molecule has 1 rings (SSSR count). The summed E-state index contributed by atoms with van der Waals surface area (Å²) in [7, 11) is 0. The predicted octanol–water partition coefficient (Wildman–Crippen LogP) is 2.58. The van der Waals surface area contributed by atoms with Crippen LogP contribution in [-0.2, 0) is 5.60 Å². The van der Waals surface area contributed by atoms with Crippen molar-refractivity contribution in [2.24, 2.45) is 0 Å². The molecule has 0 heterocycles. The van der Waals surface area contributed by atoms with Crippen molar-refractivity contribution in [2.45, 2.75) is 25.9 Å². The molecule has 13 heavy (non-hydrogen) atoms. The summed E-state index contributed by atoms with van der Waals surface area (Å²) in [6.07, 6.45) is 0.269. The summed E-state index contributed by atoms with van der Waals surface area (Å²) in [4.78, 5) is 0. The number of benzene rings is 1. The molecule has 0 aliphatic carbocycles. The Balaban J connectivity index is 3.28. The Bertz CT molecular complexity index is 288. The van der Waals surface area contributed by atoms with Gasteiger partial charge in [0.25, 0.3) is 0 Å². The maximum Gasteiger partial charge on any atom is 0.132 e. The Morgan fingerprint density at radius 3 is 2.15 bits per heavy atom. The highest BCUT2D eigenvalue weighted by molar-refractivity contribution is 5.25. The van der Waals surface area contributed by atoms with Crippen LogP contribution in [0.3, 0.4) is 0 Å². The van der Waals surface area contributed by atoms with Gasteiger partial charge >= 0.3 is 0 Å². The van der Waals surface area contributed by atoms with Gasteiger partial charge in [0, 0.05) is 0 Å². The lowest BCUT2D eigenvalue weighted by Gasteiger charge is -2.22. The highest BCUT2D eigenvalue weighted by atomic mass is 19.1. The van der Waals surface area contributed by atoms with Crippen molar-refractivity contribution in [1.29, 1.82) is 0 Å². The van der Waals surface area contributed by atoms with Crippen LogP contribution in [0, 0.1) is 11.6 Å². The van der Waals surface area contributed by atoms with Crippen LogP contribution >= 0.6 is 0 Å². The number of halogens is 2. The highest BCUT2D eigenvalue weighted by Crippen LogP contribution is 2.28. The highest BCUT2D eigenvalue weighted by Gasteiger charge is 2.27. The number of aliphatic hydroxyl groups is 1. The van der Waals surface area contributed by atoms with Crippen molar-refractivity contribution in [2.75, 3.05) is 0 Å². The lowest BCUT2D eigenvalue weighted by atomic mass is 9.92. The van der Waals surface area contributed by atoms with E-state index in [2.05, 4.69) is 0 Å². The van der Waals surface area contributed by atoms with Crippen LogP contribution in [0.1, 0.15) is 25.8 Å². The predicted molar refractivity (Wildman–Crippen MR) is 46.2 cm³/mol. The van der Waals surface area contributed by atoms with E-state index in [9.17, 15) is 13.9 Å². The summed E-state index contributed by atoms with van der Waals surface area (Å²) >= 11 is 0. The topological polar surface area (TPSA) is 20.2 Å². The van der Waals surface area contributed by atoms with Crippen LogP contribution in [0.5, 0.6) is 0 Å². The van der Waals surface area contributed by atoms with E-state index in [0.717, 1.165) is 12.1 Å². The van der Waals surface area contributed by atoms with Gasteiger partial charge in [-0.15, -0.1) is 0 Å². The molecular weight excluding hydrogens is 174 g/mol. The smallest absolute Gasteiger partial charge is 0.132 e. The zero-order chi connectivity index (χ0) is 10.1. The fourth-order valence-electron chi connectivity index (χ4n) is 1.19. The molecular formula is C10H12F2O. The van der Waals surface area contributed by atoms with E-state index in [1.165, 1.54) is 13.0 Å². The van der Waals surface area contributed by atoms with Gasteiger partial charge in [-0.3, -0.25) is 0 Å². The van der Waals surface area contributed by atoms with Crippen molar-refractivity contribution in [3.8, 4) is 0 Å². The molecule has 1 N–H and O–H groups in total. The monoisotopic (exact) mass is 186 g/mol. The Hall–Kier alpha value is -0.960. The summed E-state index contributed by atoms with van der Waals surface area (Å²) in [5, 5.41) is 9.68.